The molecule has 18 heavy (non-hydrogen) atoms. The Morgan fingerprint density at radius 1 is 1.17 bits per heavy atom. The molecule has 5 heteroatoms. The van der Waals surface area contributed by atoms with E-state index < -0.39 is 0 Å². The number of benzene rings is 1. The van der Waals surface area contributed by atoms with E-state index in [-0.39, 0.29) is 6.10 Å². The first-order valence-corrected chi connectivity index (χ1v) is 7.00. The zero-order valence-electron chi connectivity index (χ0n) is 10.2. The fourth-order valence-electron chi connectivity index (χ4n) is 2.30. The molecule has 2 atom stereocenters. The van der Waals surface area contributed by atoms with Gasteiger partial charge in [-0.05, 0) is 29.3 Å². The molecule has 0 radical (unpaired) electrons. The van der Waals surface area contributed by atoms with Gasteiger partial charge in [0.2, 0.25) is 0 Å². The van der Waals surface area contributed by atoms with Crippen LogP contribution in [0.4, 0.5) is 5.69 Å². The average Bonchev–Trinajstić information content (AvgIpc) is 2.76. The molecule has 2 aliphatic rings. The average molecular weight is 314 g/mol. The molecule has 1 fully saturated rings. The number of rotatable bonds is 2. The van der Waals surface area contributed by atoms with Gasteiger partial charge in [0.25, 0.3) is 0 Å². The highest BCUT2D eigenvalue weighted by molar-refractivity contribution is 9.10. The molecule has 2 unspecified atom stereocenters. The van der Waals surface area contributed by atoms with Crippen molar-refractivity contribution in [3.8, 4) is 11.5 Å². The molecule has 1 aromatic rings. The number of halogens is 1. The molecule has 2 aliphatic heterocycles. The summed E-state index contributed by atoms with van der Waals surface area (Å²) >= 11 is 3.56. The van der Waals surface area contributed by atoms with Crippen molar-refractivity contribution in [2.75, 3.05) is 25.1 Å². The van der Waals surface area contributed by atoms with Crippen LogP contribution >= 0.6 is 15.9 Å². The topological polar surface area (TPSA) is 39.7 Å². The van der Waals surface area contributed by atoms with Crippen molar-refractivity contribution < 1.29 is 14.2 Å². The smallest absolute Gasteiger partial charge is 0.163 e. The molecule has 0 amide bonds. The molecule has 0 bridgehead atoms. The SMILES string of the molecule is CC1OCCC1Nc1cc2c(cc1Br)OCCO2. The first-order valence-electron chi connectivity index (χ1n) is 6.21. The van der Waals surface area contributed by atoms with Crippen LogP contribution in [0.2, 0.25) is 0 Å². The predicted octanol–water partition coefficient (Wildman–Crippen LogP) is 2.81. The third-order valence-corrected chi connectivity index (χ3v) is 4.01. The van der Waals surface area contributed by atoms with Gasteiger partial charge in [-0.3, -0.25) is 0 Å². The summed E-state index contributed by atoms with van der Waals surface area (Å²) in [6.07, 6.45) is 1.27. The van der Waals surface area contributed by atoms with Crippen LogP contribution in [0.5, 0.6) is 11.5 Å². The summed E-state index contributed by atoms with van der Waals surface area (Å²) in [7, 11) is 0. The molecular weight excluding hydrogens is 298 g/mol. The maximum atomic E-state index is 5.59. The highest BCUT2D eigenvalue weighted by atomic mass is 79.9. The van der Waals surface area contributed by atoms with E-state index >= 15 is 0 Å². The van der Waals surface area contributed by atoms with Crippen molar-refractivity contribution in [2.45, 2.75) is 25.5 Å². The molecule has 98 valence electrons. The summed E-state index contributed by atoms with van der Waals surface area (Å²) in [5, 5.41) is 3.50. The molecular formula is C13H16BrNO3. The highest BCUT2D eigenvalue weighted by Gasteiger charge is 2.25. The van der Waals surface area contributed by atoms with Crippen molar-refractivity contribution >= 4 is 21.6 Å². The van der Waals surface area contributed by atoms with Gasteiger partial charge in [0.05, 0.1) is 17.8 Å². The van der Waals surface area contributed by atoms with Crippen LogP contribution in [0, 0.1) is 0 Å². The summed E-state index contributed by atoms with van der Waals surface area (Å²) in [5.41, 5.74) is 1.03. The Bertz CT molecular complexity index is 452. The lowest BCUT2D eigenvalue weighted by molar-refractivity contribution is 0.121. The Hall–Kier alpha value is -0.940. The van der Waals surface area contributed by atoms with Gasteiger partial charge in [-0.15, -0.1) is 0 Å². The lowest BCUT2D eigenvalue weighted by Gasteiger charge is -2.23. The van der Waals surface area contributed by atoms with Gasteiger partial charge >= 0.3 is 0 Å². The number of hydrogen-bond acceptors (Lipinski definition) is 4. The van der Waals surface area contributed by atoms with E-state index in [2.05, 4.69) is 28.2 Å². The monoisotopic (exact) mass is 313 g/mol. The van der Waals surface area contributed by atoms with Crippen LogP contribution in [0.3, 0.4) is 0 Å². The highest BCUT2D eigenvalue weighted by Crippen LogP contribution is 2.38. The largest absolute Gasteiger partial charge is 0.486 e. The first-order chi connectivity index (χ1) is 8.74. The molecule has 0 aliphatic carbocycles. The normalized spacial score (nSPS) is 26.1. The van der Waals surface area contributed by atoms with E-state index in [4.69, 9.17) is 14.2 Å². The second-order valence-corrected chi connectivity index (χ2v) is 5.45. The van der Waals surface area contributed by atoms with Gasteiger partial charge in [0, 0.05) is 23.2 Å². The Labute approximate surface area is 115 Å². The predicted molar refractivity (Wildman–Crippen MR) is 72.6 cm³/mol. The summed E-state index contributed by atoms with van der Waals surface area (Å²) in [6, 6.07) is 4.30. The van der Waals surface area contributed by atoms with Crippen molar-refractivity contribution in [1.29, 1.82) is 0 Å². The molecule has 0 spiro atoms. The van der Waals surface area contributed by atoms with Gasteiger partial charge in [0.1, 0.15) is 13.2 Å². The molecule has 2 heterocycles. The third kappa shape index (κ3) is 2.29. The summed E-state index contributed by atoms with van der Waals surface area (Å²) in [6.45, 7) is 4.13. The van der Waals surface area contributed by atoms with Crippen LogP contribution in [-0.2, 0) is 4.74 Å². The zero-order chi connectivity index (χ0) is 12.5. The Morgan fingerprint density at radius 3 is 2.56 bits per heavy atom. The molecule has 1 N–H and O–H groups in total. The first kappa shape index (κ1) is 12.1. The van der Waals surface area contributed by atoms with Crippen molar-refractivity contribution in [1.82, 2.24) is 0 Å². The summed E-state index contributed by atoms with van der Waals surface area (Å²) in [4.78, 5) is 0. The summed E-state index contributed by atoms with van der Waals surface area (Å²) < 4.78 is 17.7. The van der Waals surface area contributed by atoms with Crippen LogP contribution in [-0.4, -0.2) is 32.0 Å². The lowest BCUT2D eigenvalue weighted by Crippen LogP contribution is -2.27. The molecule has 3 rings (SSSR count). The Balaban J connectivity index is 1.83. The maximum Gasteiger partial charge on any atom is 0.163 e. The quantitative estimate of drug-likeness (QED) is 0.911. The van der Waals surface area contributed by atoms with Crippen LogP contribution < -0.4 is 14.8 Å². The fourth-order valence-corrected chi connectivity index (χ4v) is 2.73. The van der Waals surface area contributed by atoms with Gasteiger partial charge in [-0.25, -0.2) is 0 Å². The van der Waals surface area contributed by atoms with Crippen molar-refractivity contribution in [3.05, 3.63) is 16.6 Å². The van der Waals surface area contributed by atoms with E-state index in [0.29, 0.717) is 19.3 Å². The van der Waals surface area contributed by atoms with Crippen LogP contribution in [0.15, 0.2) is 16.6 Å². The molecule has 1 aromatic carbocycles. The molecule has 0 saturated carbocycles. The number of hydrogen-bond donors (Lipinski definition) is 1. The number of anilines is 1. The van der Waals surface area contributed by atoms with Crippen molar-refractivity contribution in [3.63, 3.8) is 0 Å². The van der Waals surface area contributed by atoms with Gasteiger partial charge in [-0.2, -0.15) is 0 Å². The van der Waals surface area contributed by atoms with E-state index in [1.807, 2.05) is 12.1 Å². The van der Waals surface area contributed by atoms with E-state index in [1.165, 1.54) is 0 Å². The van der Waals surface area contributed by atoms with E-state index in [0.717, 1.165) is 34.7 Å². The lowest BCUT2D eigenvalue weighted by atomic mass is 10.1. The minimum absolute atomic E-state index is 0.241. The Kier molecular flexibility index (Phi) is 3.35. The maximum absolute atomic E-state index is 5.59. The standard InChI is InChI=1S/C13H16BrNO3/c1-8-10(2-3-16-8)15-11-7-13-12(6-9(11)14)17-4-5-18-13/h6-8,10,15H,2-5H2,1H3. The second-order valence-electron chi connectivity index (χ2n) is 4.59. The Morgan fingerprint density at radius 2 is 1.89 bits per heavy atom. The van der Waals surface area contributed by atoms with Crippen molar-refractivity contribution in [2.24, 2.45) is 0 Å². The van der Waals surface area contributed by atoms with Gasteiger partial charge in [0.15, 0.2) is 11.5 Å². The minimum Gasteiger partial charge on any atom is -0.486 e. The number of ether oxygens (including phenoxy) is 3. The second kappa shape index (κ2) is 4.97. The van der Waals surface area contributed by atoms with E-state index in [1.54, 1.807) is 0 Å². The zero-order valence-corrected chi connectivity index (χ0v) is 11.8. The molecule has 0 aromatic heterocycles. The van der Waals surface area contributed by atoms with Crippen LogP contribution in [0.1, 0.15) is 13.3 Å². The third-order valence-electron chi connectivity index (χ3n) is 3.35. The van der Waals surface area contributed by atoms with Gasteiger partial charge < -0.3 is 19.5 Å². The number of nitrogens with one attached hydrogen (secondary N) is 1. The molecule has 4 nitrogen and oxygen atoms in total. The van der Waals surface area contributed by atoms with Gasteiger partial charge in [-0.1, -0.05) is 0 Å². The van der Waals surface area contributed by atoms with Crippen LogP contribution in [0.25, 0.3) is 0 Å². The van der Waals surface area contributed by atoms with E-state index in [9.17, 15) is 0 Å². The number of fused-ring (bicyclic) bond motifs is 1. The summed E-state index contributed by atoms with van der Waals surface area (Å²) in [5.74, 6) is 1.60. The fraction of sp³-hybridized carbons (Fsp3) is 0.538. The minimum atomic E-state index is 0.241. The molecule has 1 saturated heterocycles.